The third-order valence-electron chi connectivity index (χ3n) is 5.01. The lowest BCUT2D eigenvalue weighted by Crippen LogP contribution is -2.50. The number of nitrogens with one attached hydrogen (secondary N) is 1. The third kappa shape index (κ3) is 3.69. The lowest BCUT2D eigenvalue weighted by Gasteiger charge is -2.35. The third-order valence-corrected chi connectivity index (χ3v) is 5.01. The standard InChI is InChI=1S/C15H28N2O2/c1-12-2-4-13(5-3-12)10-17-14(18)15(11-16)6-8-19-9-7-15/h12-13H,2-11,16H2,1H3,(H,17,18). The van der Waals surface area contributed by atoms with Gasteiger partial charge in [-0.25, -0.2) is 0 Å². The molecule has 1 amide bonds. The monoisotopic (exact) mass is 268 g/mol. The van der Waals surface area contributed by atoms with Crippen LogP contribution in [0.3, 0.4) is 0 Å². The van der Waals surface area contributed by atoms with Crippen molar-refractivity contribution in [3.63, 3.8) is 0 Å². The van der Waals surface area contributed by atoms with E-state index in [2.05, 4.69) is 12.2 Å². The maximum atomic E-state index is 12.4. The van der Waals surface area contributed by atoms with Crippen molar-refractivity contribution in [1.29, 1.82) is 0 Å². The van der Waals surface area contributed by atoms with E-state index in [1.165, 1.54) is 25.7 Å². The van der Waals surface area contributed by atoms with E-state index in [4.69, 9.17) is 10.5 Å². The summed E-state index contributed by atoms with van der Waals surface area (Å²) in [4.78, 5) is 12.4. The second kappa shape index (κ2) is 6.71. The molecule has 2 aliphatic rings. The second-order valence-corrected chi connectivity index (χ2v) is 6.43. The number of carbonyl (C=O) groups is 1. The Balaban J connectivity index is 1.79. The van der Waals surface area contributed by atoms with E-state index >= 15 is 0 Å². The summed E-state index contributed by atoms with van der Waals surface area (Å²) in [5, 5.41) is 3.15. The lowest BCUT2D eigenvalue weighted by atomic mass is 9.78. The molecule has 2 fully saturated rings. The average Bonchev–Trinajstić information content (AvgIpc) is 2.47. The van der Waals surface area contributed by atoms with Gasteiger partial charge in [0, 0.05) is 26.3 Å². The van der Waals surface area contributed by atoms with Gasteiger partial charge < -0.3 is 15.8 Å². The number of carbonyl (C=O) groups excluding carboxylic acids is 1. The fraction of sp³-hybridized carbons (Fsp3) is 0.933. The van der Waals surface area contributed by atoms with E-state index in [9.17, 15) is 4.79 Å². The zero-order valence-electron chi connectivity index (χ0n) is 12.1. The Bertz CT molecular complexity index is 293. The van der Waals surface area contributed by atoms with Gasteiger partial charge in [0.15, 0.2) is 0 Å². The van der Waals surface area contributed by atoms with Crippen LogP contribution in [-0.2, 0) is 9.53 Å². The van der Waals surface area contributed by atoms with E-state index in [0.717, 1.165) is 25.3 Å². The first kappa shape index (κ1) is 14.8. The summed E-state index contributed by atoms with van der Waals surface area (Å²) in [7, 11) is 0. The molecule has 3 N–H and O–H groups in total. The zero-order chi connectivity index (χ0) is 13.7. The average molecular weight is 268 g/mol. The Morgan fingerprint density at radius 1 is 1.26 bits per heavy atom. The van der Waals surface area contributed by atoms with Crippen LogP contribution in [0, 0.1) is 17.3 Å². The molecule has 1 saturated heterocycles. The van der Waals surface area contributed by atoms with Gasteiger partial charge in [-0.05, 0) is 37.5 Å². The highest BCUT2D eigenvalue weighted by atomic mass is 16.5. The molecule has 0 radical (unpaired) electrons. The van der Waals surface area contributed by atoms with Crippen molar-refractivity contribution in [2.45, 2.75) is 45.4 Å². The Morgan fingerprint density at radius 2 is 1.89 bits per heavy atom. The molecular weight excluding hydrogens is 240 g/mol. The van der Waals surface area contributed by atoms with Crippen LogP contribution < -0.4 is 11.1 Å². The minimum absolute atomic E-state index is 0.150. The highest BCUT2D eigenvalue weighted by Gasteiger charge is 2.38. The van der Waals surface area contributed by atoms with Crippen LogP contribution in [0.1, 0.15) is 45.4 Å². The molecule has 1 aliphatic heterocycles. The van der Waals surface area contributed by atoms with Gasteiger partial charge in [0.05, 0.1) is 5.41 Å². The molecule has 0 aromatic carbocycles. The number of nitrogens with two attached hydrogens (primary N) is 1. The molecule has 2 rings (SSSR count). The van der Waals surface area contributed by atoms with Crippen LogP contribution in [0.5, 0.6) is 0 Å². The smallest absolute Gasteiger partial charge is 0.227 e. The van der Waals surface area contributed by atoms with Gasteiger partial charge in [-0.1, -0.05) is 19.8 Å². The van der Waals surface area contributed by atoms with Crippen LogP contribution in [0.2, 0.25) is 0 Å². The summed E-state index contributed by atoms with van der Waals surface area (Å²) < 4.78 is 5.35. The van der Waals surface area contributed by atoms with E-state index < -0.39 is 0 Å². The maximum Gasteiger partial charge on any atom is 0.227 e. The van der Waals surface area contributed by atoms with Crippen molar-refractivity contribution < 1.29 is 9.53 Å². The first-order valence-corrected chi connectivity index (χ1v) is 7.72. The van der Waals surface area contributed by atoms with Crippen molar-refractivity contribution in [2.24, 2.45) is 23.0 Å². The number of rotatable bonds is 4. The molecule has 1 saturated carbocycles. The minimum Gasteiger partial charge on any atom is -0.381 e. The van der Waals surface area contributed by atoms with E-state index in [-0.39, 0.29) is 11.3 Å². The van der Waals surface area contributed by atoms with E-state index in [1.807, 2.05) is 0 Å². The van der Waals surface area contributed by atoms with Gasteiger partial charge >= 0.3 is 0 Å². The van der Waals surface area contributed by atoms with Crippen molar-refractivity contribution >= 4 is 5.91 Å². The molecule has 19 heavy (non-hydrogen) atoms. The Labute approximate surface area is 116 Å². The summed E-state index contributed by atoms with van der Waals surface area (Å²) in [6.45, 7) is 4.90. The predicted molar refractivity (Wildman–Crippen MR) is 75.7 cm³/mol. The molecule has 0 unspecified atom stereocenters. The van der Waals surface area contributed by atoms with Crippen molar-refractivity contribution in [3.05, 3.63) is 0 Å². The molecule has 0 spiro atoms. The van der Waals surface area contributed by atoms with E-state index in [0.29, 0.717) is 25.7 Å². The molecule has 1 aliphatic carbocycles. The Kier molecular flexibility index (Phi) is 5.22. The molecule has 0 atom stereocenters. The Hall–Kier alpha value is -0.610. The van der Waals surface area contributed by atoms with Gasteiger partial charge in [-0.2, -0.15) is 0 Å². The summed E-state index contributed by atoms with van der Waals surface area (Å²) in [6.07, 6.45) is 6.63. The molecular formula is C15H28N2O2. The van der Waals surface area contributed by atoms with Crippen LogP contribution in [0.15, 0.2) is 0 Å². The molecule has 110 valence electrons. The molecule has 0 aromatic rings. The summed E-state index contributed by atoms with van der Waals surface area (Å²) in [5.41, 5.74) is 5.47. The number of hydrogen-bond acceptors (Lipinski definition) is 3. The maximum absolute atomic E-state index is 12.4. The fourth-order valence-electron chi connectivity index (χ4n) is 3.24. The van der Waals surface area contributed by atoms with Gasteiger partial charge in [-0.15, -0.1) is 0 Å². The normalized spacial score (nSPS) is 30.8. The number of ether oxygens (including phenoxy) is 1. The topological polar surface area (TPSA) is 64.4 Å². The van der Waals surface area contributed by atoms with Crippen LogP contribution in [-0.4, -0.2) is 32.2 Å². The van der Waals surface area contributed by atoms with Crippen LogP contribution in [0.25, 0.3) is 0 Å². The second-order valence-electron chi connectivity index (χ2n) is 6.43. The molecule has 1 heterocycles. The molecule has 4 heteroatoms. The van der Waals surface area contributed by atoms with Crippen LogP contribution in [0.4, 0.5) is 0 Å². The van der Waals surface area contributed by atoms with Gasteiger partial charge in [0.2, 0.25) is 5.91 Å². The minimum atomic E-state index is -0.375. The van der Waals surface area contributed by atoms with Crippen molar-refractivity contribution in [2.75, 3.05) is 26.3 Å². The van der Waals surface area contributed by atoms with Gasteiger partial charge in [-0.3, -0.25) is 4.79 Å². The first-order valence-electron chi connectivity index (χ1n) is 7.72. The lowest BCUT2D eigenvalue weighted by molar-refractivity contribution is -0.136. The highest BCUT2D eigenvalue weighted by Crippen LogP contribution is 2.31. The quantitative estimate of drug-likeness (QED) is 0.815. The number of hydrogen-bond donors (Lipinski definition) is 2. The predicted octanol–water partition coefficient (Wildman–Crippen LogP) is 1.68. The largest absolute Gasteiger partial charge is 0.381 e. The SMILES string of the molecule is CC1CCC(CNC(=O)C2(CN)CCOCC2)CC1. The molecule has 4 nitrogen and oxygen atoms in total. The molecule has 0 bridgehead atoms. The van der Waals surface area contributed by atoms with E-state index in [1.54, 1.807) is 0 Å². The first-order chi connectivity index (χ1) is 9.16. The summed E-state index contributed by atoms with van der Waals surface area (Å²) >= 11 is 0. The van der Waals surface area contributed by atoms with Crippen molar-refractivity contribution in [3.8, 4) is 0 Å². The number of amides is 1. The van der Waals surface area contributed by atoms with Crippen LogP contribution >= 0.6 is 0 Å². The Morgan fingerprint density at radius 3 is 2.47 bits per heavy atom. The highest BCUT2D eigenvalue weighted by molar-refractivity contribution is 5.83. The zero-order valence-corrected chi connectivity index (χ0v) is 12.1. The van der Waals surface area contributed by atoms with Crippen molar-refractivity contribution in [1.82, 2.24) is 5.32 Å². The summed E-state index contributed by atoms with van der Waals surface area (Å²) in [5.74, 6) is 1.67. The fourth-order valence-corrected chi connectivity index (χ4v) is 3.24. The van der Waals surface area contributed by atoms with Gasteiger partial charge in [0.25, 0.3) is 0 Å². The summed E-state index contributed by atoms with van der Waals surface area (Å²) in [6, 6.07) is 0. The molecule has 0 aromatic heterocycles. The van der Waals surface area contributed by atoms with Gasteiger partial charge in [0.1, 0.15) is 0 Å².